The fraction of sp³-hybridized carbons (Fsp3) is 0.257. The van der Waals surface area contributed by atoms with Gasteiger partial charge in [0.05, 0.1) is 29.0 Å². The zero-order valence-corrected chi connectivity index (χ0v) is 28.6. The summed E-state index contributed by atoms with van der Waals surface area (Å²) in [4.78, 5) is 16.9. The molecule has 2 N–H and O–H groups in total. The minimum atomic E-state index is -2.02. The highest BCUT2D eigenvalue weighted by atomic mass is 35.6. The minimum Gasteiger partial charge on any atom is -0.392 e. The molecule has 1 aliphatic rings. The molecule has 0 bridgehead atoms. The maximum atomic E-state index is 12.0. The van der Waals surface area contributed by atoms with Crippen LogP contribution in [-0.4, -0.2) is 31.6 Å². The first-order valence-corrected chi connectivity index (χ1v) is 17.6. The van der Waals surface area contributed by atoms with Gasteiger partial charge in [0, 0.05) is 23.8 Å². The molecule has 11 heteroatoms. The molecule has 1 aromatic heterocycles. The van der Waals surface area contributed by atoms with Crippen LogP contribution in [0.4, 0.5) is 0 Å². The second-order valence-electron chi connectivity index (χ2n) is 11.1. The van der Waals surface area contributed by atoms with Crippen molar-refractivity contribution in [1.82, 2.24) is 10.3 Å². The Bertz CT molecular complexity index is 1780. The highest BCUT2D eigenvalue weighted by Gasteiger charge is 2.38. The summed E-state index contributed by atoms with van der Waals surface area (Å²) in [6.07, 6.45) is -0.945. The van der Waals surface area contributed by atoms with Gasteiger partial charge in [0.25, 0.3) is 9.70 Å². The van der Waals surface area contributed by atoms with Gasteiger partial charge in [-0.15, -0.1) is 11.3 Å². The van der Waals surface area contributed by atoms with Gasteiger partial charge >= 0.3 is 0 Å². The Kier molecular flexibility index (Phi) is 10.6. The number of alkyl halides is 3. The Morgan fingerprint density at radius 3 is 2.39 bits per heavy atom. The summed E-state index contributed by atoms with van der Waals surface area (Å²) in [7, 11) is 0. The summed E-state index contributed by atoms with van der Waals surface area (Å²) in [5.41, 5.74) is 6.59. The van der Waals surface area contributed by atoms with Crippen LogP contribution in [-0.2, 0) is 27.4 Å². The third kappa shape index (κ3) is 7.89. The number of thiazole rings is 1. The fourth-order valence-corrected chi connectivity index (χ4v) is 7.84. The molecule has 6 nitrogen and oxygen atoms in total. The van der Waals surface area contributed by atoms with E-state index in [0.717, 1.165) is 43.2 Å². The number of hydrogen-bond acceptors (Lipinski definition) is 7. The van der Waals surface area contributed by atoms with Gasteiger partial charge in [-0.1, -0.05) is 126 Å². The molecule has 4 atom stereocenters. The molecule has 46 heavy (non-hydrogen) atoms. The number of aliphatic hydroxyl groups is 1. The maximum absolute atomic E-state index is 12.0. The average molecular weight is 714 g/mol. The number of ether oxygens (including phenoxy) is 2. The number of nitrogens with zero attached hydrogens (tertiary/aromatic N) is 1. The van der Waals surface area contributed by atoms with E-state index in [1.165, 1.54) is 4.70 Å². The molecule has 4 aromatic carbocycles. The quantitative estimate of drug-likeness (QED) is 0.117. The number of thioether (sulfide) groups is 1. The lowest BCUT2D eigenvalue weighted by atomic mass is 9.91. The molecule has 0 saturated carbocycles. The van der Waals surface area contributed by atoms with Crippen LogP contribution < -0.4 is 5.32 Å². The third-order valence-electron chi connectivity index (χ3n) is 7.90. The van der Waals surface area contributed by atoms with E-state index in [0.29, 0.717) is 5.75 Å². The van der Waals surface area contributed by atoms with E-state index in [4.69, 9.17) is 49.3 Å². The minimum absolute atomic E-state index is 0.0121. The molecule has 2 heterocycles. The van der Waals surface area contributed by atoms with E-state index in [2.05, 4.69) is 24.4 Å². The van der Waals surface area contributed by atoms with Crippen LogP contribution in [0.5, 0.6) is 0 Å². The van der Waals surface area contributed by atoms with Gasteiger partial charge in [-0.05, 0) is 52.1 Å². The number of nitrogens with one attached hydrogen (secondary N) is 1. The van der Waals surface area contributed by atoms with Gasteiger partial charge in [-0.3, -0.25) is 4.79 Å². The van der Waals surface area contributed by atoms with Gasteiger partial charge in [-0.2, -0.15) is 0 Å². The molecule has 1 fully saturated rings. The molecule has 1 amide bonds. The lowest BCUT2D eigenvalue weighted by Crippen LogP contribution is -2.38. The topological polar surface area (TPSA) is 80.7 Å². The molecular weight excluding hydrogens is 683 g/mol. The van der Waals surface area contributed by atoms with Crippen molar-refractivity contribution in [3.05, 3.63) is 119 Å². The Balaban J connectivity index is 1.24. The molecule has 0 aliphatic carbocycles. The molecule has 1 saturated heterocycles. The summed E-state index contributed by atoms with van der Waals surface area (Å²) in [6, 6.07) is 32.0. The molecular formula is C35H31Cl3N2O4S2. The summed E-state index contributed by atoms with van der Waals surface area (Å²) in [5, 5.41) is 12.2. The fourth-order valence-electron chi connectivity index (χ4n) is 5.38. The van der Waals surface area contributed by atoms with Gasteiger partial charge < -0.3 is 19.9 Å². The van der Waals surface area contributed by atoms with Crippen LogP contribution in [0.1, 0.15) is 41.6 Å². The van der Waals surface area contributed by atoms with E-state index in [1.54, 1.807) is 23.1 Å². The van der Waals surface area contributed by atoms with E-state index < -0.39 is 16.0 Å². The first kappa shape index (κ1) is 33.2. The van der Waals surface area contributed by atoms with Crippen LogP contribution in [0.25, 0.3) is 21.3 Å². The number of para-hydroxylation sites is 1. The van der Waals surface area contributed by atoms with Crippen molar-refractivity contribution in [2.45, 2.75) is 46.7 Å². The molecule has 0 unspecified atom stereocenters. The lowest BCUT2D eigenvalue weighted by molar-refractivity contribution is -0.268. The number of carbonyl (C=O) groups is 1. The molecule has 1 aliphatic heterocycles. The SMILES string of the molecule is C[C@@H]1[C@H](CSc2nc3ccccc3s2)O[C@H](c2cccc(-c3cccc(CNC(=O)C(Cl)(Cl)Cl)c3)c2)O[C@@H]1c1ccc(CO)cc1. The predicted molar refractivity (Wildman–Crippen MR) is 187 cm³/mol. The van der Waals surface area contributed by atoms with Crippen LogP contribution in [0.3, 0.4) is 0 Å². The maximum Gasteiger partial charge on any atom is 0.272 e. The summed E-state index contributed by atoms with van der Waals surface area (Å²) < 4.78 is 13.5. The van der Waals surface area contributed by atoms with E-state index in [1.807, 2.05) is 84.9 Å². The number of halogens is 3. The normalized spacial score (nSPS) is 20.1. The van der Waals surface area contributed by atoms with Crippen molar-refractivity contribution >= 4 is 74.0 Å². The van der Waals surface area contributed by atoms with Gasteiger partial charge in [-0.25, -0.2) is 4.98 Å². The first-order valence-electron chi connectivity index (χ1n) is 14.7. The second kappa shape index (κ2) is 14.6. The van der Waals surface area contributed by atoms with Crippen molar-refractivity contribution in [2.24, 2.45) is 5.92 Å². The molecule has 238 valence electrons. The number of amides is 1. The number of aliphatic hydroxyl groups excluding tert-OH is 1. The Hall–Kier alpha value is -2.66. The highest BCUT2D eigenvalue weighted by Crippen LogP contribution is 2.44. The second-order valence-corrected chi connectivity index (χ2v) is 15.7. The van der Waals surface area contributed by atoms with Crippen molar-refractivity contribution in [2.75, 3.05) is 5.75 Å². The number of benzene rings is 4. The number of fused-ring (bicyclic) bond motifs is 1. The number of carbonyl (C=O) groups excluding carboxylic acids is 1. The zero-order chi connectivity index (χ0) is 32.3. The third-order valence-corrected chi connectivity index (χ3v) is 10.7. The first-order chi connectivity index (χ1) is 22.2. The summed E-state index contributed by atoms with van der Waals surface area (Å²) in [5.74, 6) is 0.0938. The van der Waals surface area contributed by atoms with Crippen LogP contribution in [0, 0.1) is 5.92 Å². The average Bonchev–Trinajstić information content (AvgIpc) is 3.50. The van der Waals surface area contributed by atoms with E-state index >= 15 is 0 Å². The monoisotopic (exact) mass is 712 g/mol. The summed E-state index contributed by atoms with van der Waals surface area (Å²) in [6.45, 7) is 2.37. The Morgan fingerprint density at radius 1 is 0.913 bits per heavy atom. The smallest absolute Gasteiger partial charge is 0.272 e. The Labute approximate surface area is 291 Å². The van der Waals surface area contributed by atoms with Crippen molar-refractivity contribution < 1.29 is 19.4 Å². The zero-order valence-electron chi connectivity index (χ0n) is 24.7. The molecule has 0 radical (unpaired) electrons. The summed E-state index contributed by atoms with van der Waals surface area (Å²) >= 11 is 20.5. The van der Waals surface area contributed by atoms with Gasteiger partial charge in [0.1, 0.15) is 0 Å². The van der Waals surface area contributed by atoms with Crippen LogP contribution >= 0.6 is 57.9 Å². The predicted octanol–water partition coefficient (Wildman–Crippen LogP) is 9.03. The van der Waals surface area contributed by atoms with E-state index in [9.17, 15) is 9.90 Å². The van der Waals surface area contributed by atoms with Gasteiger partial charge in [0.2, 0.25) is 0 Å². The van der Waals surface area contributed by atoms with Crippen molar-refractivity contribution in [1.29, 1.82) is 0 Å². The van der Waals surface area contributed by atoms with Crippen molar-refractivity contribution in [3.63, 3.8) is 0 Å². The largest absolute Gasteiger partial charge is 0.392 e. The molecule has 5 aromatic rings. The molecule has 6 rings (SSSR count). The number of hydrogen-bond donors (Lipinski definition) is 2. The highest BCUT2D eigenvalue weighted by molar-refractivity contribution is 8.01. The number of aromatic nitrogens is 1. The Morgan fingerprint density at radius 2 is 1.65 bits per heavy atom. The van der Waals surface area contributed by atoms with Crippen molar-refractivity contribution in [3.8, 4) is 11.1 Å². The van der Waals surface area contributed by atoms with Gasteiger partial charge in [0.15, 0.2) is 10.6 Å². The molecule has 0 spiro atoms. The standard InChI is InChI=1S/C35H31Cl3N2O4S2/c1-21-29(20-45-34-40-28-10-2-3-11-30(28)46-34)43-32(44-31(21)24-14-12-22(19-41)13-15-24)27-9-5-8-26(17-27)25-7-4-6-23(16-25)18-39-33(42)35(36,37)38/h2-17,21,29,31-32,41H,18-20H2,1H3,(H,39,42)/t21-,29+,31+,32+/m1/s1. The van der Waals surface area contributed by atoms with Crippen LogP contribution in [0.2, 0.25) is 0 Å². The number of rotatable bonds is 9. The van der Waals surface area contributed by atoms with E-state index in [-0.39, 0.29) is 31.3 Å². The lowest BCUT2D eigenvalue weighted by Gasteiger charge is -2.41. The van der Waals surface area contributed by atoms with Crippen LogP contribution in [0.15, 0.2) is 101 Å².